The van der Waals surface area contributed by atoms with Crippen molar-refractivity contribution in [3.8, 4) is 5.88 Å². The van der Waals surface area contributed by atoms with Gasteiger partial charge in [-0.3, -0.25) is 0 Å². The average molecular weight is 532 g/mol. The summed E-state index contributed by atoms with van der Waals surface area (Å²) in [6, 6.07) is 14.1. The molecule has 39 heavy (non-hydrogen) atoms. The monoisotopic (exact) mass is 531 g/mol. The van der Waals surface area contributed by atoms with E-state index in [1.54, 1.807) is 35.1 Å². The molecule has 1 aliphatic heterocycles. The predicted molar refractivity (Wildman–Crippen MR) is 141 cm³/mol. The first-order valence-electron chi connectivity index (χ1n) is 12.6. The number of benzene rings is 2. The fourth-order valence-corrected chi connectivity index (χ4v) is 4.27. The number of carbonyl (C=O) groups excluding carboxylic acids is 2. The Kier molecular flexibility index (Phi) is 7.42. The van der Waals surface area contributed by atoms with Gasteiger partial charge in [-0.15, -0.1) is 5.10 Å². The number of nitrogens with two attached hydrogens (primary N) is 1. The van der Waals surface area contributed by atoms with Crippen LogP contribution in [0.3, 0.4) is 0 Å². The Morgan fingerprint density at radius 3 is 2.28 bits per heavy atom. The maximum atomic E-state index is 12.9. The number of nitrogens with zero attached hydrogens (tertiary/aromatic N) is 4. The quantitative estimate of drug-likeness (QED) is 0.334. The molecule has 2 N–H and O–H groups in total. The van der Waals surface area contributed by atoms with Crippen LogP contribution in [-0.2, 0) is 14.2 Å². The van der Waals surface area contributed by atoms with Crippen molar-refractivity contribution in [2.45, 2.75) is 45.6 Å². The lowest BCUT2D eigenvalue weighted by atomic mass is 10.1. The van der Waals surface area contributed by atoms with Gasteiger partial charge in [0.25, 0.3) is 0 Å². The van der Waals surface area contributed by atoms with Gasteiger partial charge in [0, 0.05) is 12.6 Å². The van der Waals surface area contributed by atoms with E-state index in [0.717, 1.165) is 11.1 Å². The van der Waals surface area contributed by atoms with Crippen molar-refractivity contribution in [3.05, 3.63) is 77.0 Å². The summed E-state index contributed by atoms with van der Waals surface area (Å²) in [6.45, 7) is 5.98. The van der Waals surface area contributed by atoms with Crippen molar-refractivity contribution >= 4 is 28.9 Å². The van der Waals surface area contributed by atoms with E-state index in [2.05, 4.69) is 15.1 Å². The van der Waals surface area contributed by atoms with Gasteiger partial charge < -0.3 is 24.7 Å². The number of ether oxygens (including phenoxy) is 4. The zero-order valence-corrected chi connectivity index (χ0v) is 21.9. The third-order valence-corrected chi connectivity index (χ3v) is 6.35. The van der Waals surface area contributed by atoms with E-state index in [1.807, 2.05) is 45.0 Å². The molecule has 4 aromatic rings. The molecule has 2 aromatic heterocycles. The lowest BCUT2D eigenvalue weighted by Gasteiger charge is -2.19. The average Bonchev–Trinajstić information content (AvgIpc) is 3.52. The highest BCUT2D eigenvalue weighted by atomic mass is 16.6. The molecule has 11 heteroatoms. The molecule has 11 nitrogen and oxygen atoms in total. The minimum absolute atomic E-state index is 0.0364. The molecule has 5 rings (SSSR count). The number of hydrogen-bond acceptors (Lipinski definition) is 10. The Morgan fingerprint density at radius 2 is 1.64 bits per heavy atom. The van der Waals surface area contributed by atoms with Crippen LogP contribution in [0.15, 0.2) is 54.7 Å². The number of carbonyl (C=O) groups is 2. The number of hydrogen-bond donors (Lipinski definition) is 1. The molecular formula is C28H29N5O6. The van der Waals surface area contributed by atoms with E-state index in [4.69, 9.17) is 24.7 Å². The highest BCUT2D eigenvalue weighted by molar-refractivity contribution is 5.90. The van der Waals surface area contributed by atoms with E-state index >= 15 is 0 Å². The van der Waals surface area contributed by atoms with Crippen LogP contribution in [0, 0.1) is 13.8 Å². The molecule has 1 saturated heterocycles. The minimum atomic E-state index is -0.728. The van der Waals surface area contributed by atoms with Crippen molar-refractivity contribution in [1.82, 2.24) is 19.7 Å². The Balaban J connectivity index is 1.37. The normalized spacial score (nSPS) is 18.7. The second-order valence-corrected chi connectivity index (χ2v) is 9.31. The number of aromatic nitrogens is 4. The van der Waals surface area contributed by atoms with Gasteiger partial charge in [-0.05, 0) is 45.0 Å². The topological polar surface area (TPSA) is 141 Å². The lowest BCUT2D eigenvalue weighted by Crippen LogP contribution is -2.32. The van der Waals surface area contributed by atoms with Gasteiger partial charge in [-0.25, -0.2) is 14.3 Å². The first-order valence-corrected chi connectivity index (χ1v) is 12.6. The molecule has 202 valence electrons. The zero-order valence-electron chi connectivity index (χ0n) is 21.9. The van der Waals surface area contributed by atoms with Gasteiger partial charge in [-0.1, -0.05) is 35.4 Å². The van der Waals surface area contributed by atoms with Crippen LogP contribution < -0.4 is 10.5 Å². The van der Waals surface area contributed by atoms with Gasteiger partial charge >= 0.3 is 11.9 Å². The first kappa shape index (κ1) is 26.1. The standard InChI is InChI=1S/C28H29N5O6/c1-4-36-25-20-14-33(32-24(20)30-28(29)31-25)23-13-21(39-27(35)19-11-7-17(3)8-12-19)22(38-23)15-37-26(34)18-9-5-16(2)6-10-18/h5-12,14,21-23H,4,13,15H2,1-3H3,(H2,29,30,32)/t21-,22+,23+/m0/s1. The van der Waals surface area contributed by atoms with Gasteiger partial charge in [-0.2, -0.15) is 9.97 Å². The number of nitrogen functional groups attached to an aromatic ring is 1. The zero-order chi connectivity index (χ0) is 27.5. The van der Waals surface area contributed by atoms with Gasteiger partial charge in [0.15, 0.2) is 11.9 Å². The SMILES string of the molecule is CCOc1nc(N)nc2nn([C@H]3C[C@H](OC(=O)c4ccc(C)cc4)[C@@H](COC(=O)c4ccc(C)cc4)O3)cc12. The van der Waals surface area contributed by atoms with Crippen LogP contribution in [0.1, 0.15) is 51.4 Å². The van der Waals surface area contributed by atoms with Gasteiger partial charge in [0.2, 0.25) is 11.8 Å². The van der Waals surface area contributed by atoms with Crippen LogP contribution in [0.5, 0.6) is 5.88 Å². The number of aryl methyl sites for hydroxylation is 2. The molecular weight excluding hydrogens is 502 g/mol. The molecule has 0 aliphatic carbocycles. The summed E-state index contributed by atoms with van der Waals surface area (Å²) >= 11 is 0. The third-order valence-electron chi connectivity index (χ3n) is 6.35. The van der Waals surface area contributed by atoms with Gasteiger partial charge in [0.1, 0.15) is 24.2 Å². The fraction of sp³-hybridized carbons (Fsp3) is 0.321. The molecule has 0 unspecified atom stereocenters. The van der Waals surface area contributed by atoms with E-state index in [9.17, 15) is 9.59 Å². The molecule has 1 fully saturated rings. The maximum Gasteiger partial charge on any atom is 0.338 e. The third kappa shape index (κ3) is 5.83. The molecule has 0 amide bonds. The van der Waals surface area contributed by atoms with Crippen LogP contribution in [0.4, 0.5) is 5.95 Å². The summed E-state index contributed by atoms with van der Waals surface area (Å²) in [6.07, 6.45) is -0.0956. The first-order chi connectivity index (χ1) is 18.8. The predicted octanol–water partition coefficient (Wildman–Crippen LogP) is 3.79. The van der Waals surface area contributed by atoms with Crippen molar-refractivity contribution in [3.63, 3.8) is 0 Å². The Labute approximate surface area is 224 Å². The van der Waals surface area contributed by atoms with Crippen molar-refractivity contribution in [1.29, 1.82) is 0 Å². The Morgan fingerprint density at radius 1 is 1.00 bits per heavy atom. The molecule has 1 aliphatic rings. The largest absolute Gasteiger partial charge is 0.477 e. The summed E-state index contributed by atoms with van der Waals surface area (Å²) in [5.41, 5.74) is 9.05. The second-order valence-electron chi connectivity index (χ2n) is 9.31. The van der Waals surface area contributed by atoms with Crippen molar-refractivity contribution in [2.24, 2.45) is 0 Å². The minimum Gasteiger partial charge on any atom is -0.477 e. The fourth-order valence-electron chi connectivity index (χ4n) is 4.27. The molecule has 0 radical (unpaired) electrons. The summed E-state index contributed by atoms with van der Waals surface area (Å²) in [5.74, 6) is -0.644. The molecule has 0 bridgehead atoms. The number of anilines is 1. The lowest BCUT2D eigenvalue weighted by molar-refractivity contribution is -0.0598. The van der Waals surface area contributed by atoms with Crippen LogP contribution in [-0.4, -0.2) is 57.1 Å². The van der Waals surface area contributed by atoms with E-state index in [-0.39, 0.29) is 19.0 Å². The second kappa shape index (κ2) is 11.1. The maximum absolute atomic E-state index is 12.9. The Bertz CT molecular complexity index is 1490. The van der Waals surface area contributed by atoms with Crippen LogP contribution in [0.25, 0.3) is 11.0 Å². The highest BCUT2D eigenvalue weighted by Crippen LogP contribution is 2.33. The number of rotatable bonds is 8. The molecule has 3 heterocycles. The van der Waals surface area contributed by atoms with E-state index in [1.165, 1.54) is 0 Å². The molecule has 2 aromatic carbocycles. The van der Waals surface area contributed by atoms with Crippen molar-refractivity contribution in [2.75, 3.05) is 18.9 Å². The molecule has 3 atom stereocenters. The molecule has 0 spiro atoms. The number of fused-ring (bicyclic) bond motifs is 1. The van der Waals surface area contributed by atoms with Gasteiger partial charge in [0.05, 0.1) is 17.7 Å². The smallest absolute Gasteiger partial charge is 0.338 e. The number of esters is 2. The van der Waals surface area contributed by atoms with Crippen molar-refractivity contribution < 1.29 is 28.5 Å². The van der Waals surface area contributed by atoms with E-state index < -0.39 is 30.4 Å². The van der Waals surface area contributed by atoms with Crippen LogP contribution in [0.2, 0.25) is 0 Å². The molecule has 0 saturated carbocycles. The summed E-state index contributed by atoms with van der Waals surface area (Å²) in [4.78, 5) is 33.9. The van der Waals surface area contributed by atoms with Crippen LogP contribution >= 0.6 is 0 Å². The summed E-state index contributed by atoms with van der Waals surface area (Å²) in [7, 11) is 0. The Hall–Kier alpha value is -4.51. The summed E-state index contributed by atoms with van der Waals surface area (Å²) in [5, 5.41) is 5.06. The van der Waals surface area contributed by atoms with E-state index in [0.29, 0.717) is 34.6 Å². The summed E-state index contributed by atoms with van der Waals surface area (Å²) < 4.78 is 24.8. The highest BCUT2D eigenvalue weighted by Gasteiger charge is 2.40.